The Morgan fingerprint density at radius 1 is 1.19 bits per heavy atom. The first-order chi connectivity index (χ1) is 12.2. The summed E-state index contributed by atoms with van der Waals surface area (Å²) >= 11 is 0. The summed E-state index contributed by atoms with van der Waals surface area (Å²) in [6, 6.07) is 10.2. The SMILES string of the molecule is C=CC(C#CC(=CC[N+](C)(C)CC(=C)O)c1ccccc1)CC=C(C)C. The third-order valence-electron chi connectivity index (χ3n) is 3.94. The highest BCUT2D eigenvalue weighted by Gasteiger charge is 2.15. The van der Waals surface area contributed by atoms with Crippen molar-refractivity contribution in [3.05, 3.63) is 78.6 Å². The van der Waals surface area contributed by atoms with E-state index in [1.54, 1.807) is 0 Å². The van der Waals surface area contributed by atoms with E-state index in [0.717, 1.165) is 24.1 Å². The summed E-state index contributed by atoms with van der Waals surface area (Å²) in [5, 5.41) is 9.51. The lowest BCUT2D eigenvalue weighted by molar-refractivity contribution is -0.880. The van der Waals surface area contributed by atoms with E-state index in [0.29, 0.717) is 11.0 Å². The summed E-state index contributed by atoms with van der Waals surface area (Å²) in [5.74, 6) is 7.03. The van der Waals surface area contributed by atoms with E-state index in [9.17, 15) is 5.11 Å². The zero-order chi connectivity index (χ0) is 19.6. The molecule has 2 heteroatoms. The Bertz CT molecular complexity index is 722. The van der Waals surface area contributed by atoms with Crippen LogP contribution >= 0.6 is 0 Å². The Labute approximate surface area is 159 Å². The van der Waals surface area contributed by atoms with Crippen molar-refractivity contribution >= 4 is 5.57 Å². The van der Waals surface area contributed by atoms with Gasteiger partial charge >= 0.3 is 0 Å². The Morgan fingerprint density at radius 3 is 2.38 bits per heavy atom. The zero-order valence-corrected chi connectivity index (χ0v) is 16.6. The molecular weight excluding hydrogens is 318 g/mol. The highest BCUT2D eigenvalue weighted by atomic mass is 16.3. The van der Waals surface area contributed by atoms with E-state index in [1.165, 1.54) is 5.57 Å². The van der Waals surface area contributed by atoms with Crippen molar-refractivity contribution in [2.45, 2.75) is 20.3 Å². The van der Waals surface area contributed by atoms with Gasteiger partial charge in [-0.25, -0.2) is 0 Å². The summed E-state index contributed by atoms with van der Waals surface area (Å²) in [5.41, 5.74) is 3.40. The summed E-state index contributed by atoms with van der Waals surface area (Å²) in [6.07, 6.45) is 7.13. The van der Waals surface area contributed by atoms with Crippen LogP contribution in [0.5, 0.6) is 0 Å². The van der Waals surface area contributed by atoms with Crippen LogP contribution in [0.1, 0.15) is 25.8 Å². The molecule has 0 aliphatic rings. The molecule has 26 heavy (non-hydrogen) atoms. The topological polar surface area (TPSA) is 20.2 Å². The van der Waals surface area contributed by atoms with Gasteiger partial charge in [-0.2, -0.15) is 0 Å². The van der Waals surface area contributed by atoms with Crippen LogP contribution in [0.25, 0.3) is 5.57 Å². The molecule has 0 bridgehead atoms. The molecule has 0 heterocycles. The molecule has 1 aromatic rings. The minimum Gasteiger partial charge on any atom is -0.507 e. The molecule has 0 aliphatic heterocycles. The first-order valence-corrected chi connectivity index (χ1v) is 8.95. The van der Waals surface area contributed by atoms with Crippen LogP contribution in [0.4, 0.5) is 0 Å². The van der Waals surface area contributed by atoms with Gasteiger partial charge in [-0.15, -0.1) is 6.58 Å². The van der Waals surface area contributed by atoms with Crippen molar-refractivity contribution in [1.29, 1.82) is 0 Å². The van der Waals surface area contributed by atoms with Gasteiger partial charge < -0.3 is 9.59 Å². The van der Waals surface area contributed by atoms with Crippen LogP contribution < -0.4 is 0 Å². The second-order valence-corrected chi connectivity index (χ2v) is 7.46. The number of aliphatic hydroxyl groups excluding tert-OH is 1. The summed E-state index contributed by atoms with van der Waals surface area (Å²) < 4.78 is 0.621. The number of allylic oxidation sites excluding steroid dienone is 4. The molecule has 0 amide bonds. The molecule has 1 atom stereocenters. The fraction of sp³-hybridized carbons (Fsp3) is 0.333. The molecule has 0 spiro atoms. The van der Waals surface area contributed by atoms with E-state index in [2.05, 4.69) is 77.2 Å². The molecule has 1 aromatic carbocycles. The van der Waals surface area contributed by atoms with Crippen LogP contribution in [-0.2, 0) is 0 Å². The molecule has 0 saturated carbocycles. The summed E-state index contributed by atoms with van der Waals surface area (Å²) in [4.78, 5) is 0. The second-order valence-electron chi connectivity index (χ2n) is 7.46. The lowest BCUT2D eigenvalue weighted by Gasteiger charge is -2.27. The minimum absolute atomic E-state index is 0.136. The molecule has 0 fully saturated rings. The number of hydrogen-bond acceptors (Lipinski definition) is 1. The van der Waals surface area contributed by atoms with E-state index >= 15 is 0 Å². The van der Waals surface area contributed by atoms with Gasteiger partial charge in [-0.05, 0) is 31.9 Å². The summed E-state index contributed by atoms with van der Waals surface area (Å²) in [6.45, 7) is 13.0. The third-order valence-corrected chi connectivity index (χ3v) is 3.94. The number of aliphatic hydroxyl groups is 1. The van der Waals surface area contributed by atoms with Crippen LogP contribution in [0.2, 0.25) is 0 Å². The minimum atomic E-state index is 0.136. The molecular formula is C24H32NO+. The Hall–Kier alpha value is -2.50. The first-order valence-electron chi connectivity index (χ1n) is 8.95. The first kappa shape index (κ1) is 21.5. The maximum atomic E-state index is 9.51. The molecule has 1 unspecified atom stereocenters. The number of quaternary nitrogens is 1. The monoisotopic (exact) mass is 350 g/mol. The molecule has 2 nitrogen and oxygen atoms in total. The molecule has 1 N–H and O–H groups in total. The maximum absolute atomic E-state index is 9.51. The lowest BCUT2D eigenvalue weighted by Crippen LogP contribution is -2.41. The Kier molecular flexibility index (Phi) is 8.68. The van der Waals surface area contributed by atoms with E-state index in [-0.39, 0.29) is 11.7 Å². The van der Waals surface area contributed by atoms with Gasteiger partial charge in [0.1, 0.15) is 12.3 Å². The van der Waals surface area contributed by atoms with E-state index < -0.39 is 0 Å². The predicted molar refractivity (Wildman–Crippen MR) is 114 cm³/mol. The Balaban J connectivity index is 3.09. The fourth-order valence-electron chi connectivity index (χ4n) is 2.50. The molecule has 138 valence electrons. The van der Waals surface area contributed by atoms with Crippen LogP contribution in [0.15, 0.2) is 73.1 Å². The van der Waals surface area contributed by atoms with Gasteiger partial charge in [0.2, 0.25) is 0 Å². The second kappa shape index (κ2) is 10.5. The Morgan fingerprint density at radius 2 is 1.85 bits per heavy atom. The number of benzene rings is 1. The summed E-state index contributed by atoms with van der Waals surface area (Å²) in [7, 11) is 4.13. The maximum Gasteiger partial charge on any atom is 0.139 e. The number of nitrogens with zero attached hydrogens (tertiary/aromatic N) is 1. The van der Waals surface area contributed by atoms with E-state index in [1.807, 2.05) is 24.3 Å². The quantitative estimate of drug-likeness (QED) is 0.289. The van der Waals surface area contributed by atoms with Crippen molar-refractivity contribution in [2.24, 2.45) is 5.92 Å². The largest absolute Gasteiger partial charge is 0.507 e. The standard InChI is InChI=1S/C24H31NO/c1-7-22(14-13-20(2)3)15-16-24(23-11-9-8-10-12-23)17-18-25(5,6)19-21(4)26/h7-13,17,22H,1,4,14,18-19H2,2-3,5-6H3/p+1. The number of hydrogen-bond donors (Lipinski definition) is 1. The van der Waals surface area contributed by atoms with Gasteiger partial charge in [0.25, 0.3) is 0 Å². The molecule has 0 saturated heterocycles. The fourth-order valence-corrected chi connectivity index (χ4v) is 2.50. The van der Waals surface area contributed by atoms with Crippen LogP contribution in [0.3, 0.4) is 0 Å². The predicted octanol–water partition coefficient (Wildman–Crippen LogP) is 5.38. The van der Waals surface area contributed by atoms with Crippen molar-refractivity contribution in [2.75, 3.05) is 27.2 Å². The van der Waals surface area contributed by atoms with Crippen molar-refractivity contribution in [3.63, 3.8) is 0 Å². The zero-order valence-electron chi connectivity index (χ0n) is 16.6. The molecule has 1 rings (SSSR count). The third kappa shape index (κ3) is 8.55. The van der Waals surface area contributed by atoms with Gasteiger partial charge in [-0.1, -0.05) is 66.5 Å². The number of likely N-dealkylation sites (N-methyl/N-ethyl adjacent to an activating group) is 1. The highest BCUT2D eigenvalue weighted by Crippen LogP contribution is 2.16. The van der Waals surface area contributed by atoms with Crippen molar-refractivity contribution in [1.82, 2.24) is 0 Å². The highest BCUT2D eigenvalue weighted by molar-refractivity contribution is 5.78. The average Bonchev–Trinajstić information content (AvgIpc) is 2.56. The molecule has 0 radical (unpaired) electrons. The van der Waals surface area contributed by atoms with Crippen molar-refractivity contribution < 1.29 is 9.59 Å². The molecule has 0 aromatic heterocycles. The smallest absolute Gasteiger partial charge is 0.139 e. The lowest BCUT2D eigenvalue weighted by atomic mass is 10.0. The van der Waals surface area contributed by atoms with Gasteiger partial charge in [0.15, 0.2) is 0 Å². The average molecular weight is 351 g/mol. The van der Waals surface area contributed by atoms with Crippen LogP contribution in [-0.4, -0.2) is 36.8 Å². The molecule has 0 aliphatic carbocycles. The van der Waals surface area contributed by atoms with Crippen molar-refractivity contribution in [3.8, 4) is 11.8 Å². The van der Waals surface area contributed by atoms with Gasteiger partial charge in [-0.3, -0.25) is 0 Å². The number of rotatable bonds is 8. The normalized spacial score (nSPS) is 12.5. The van der Waals surface area contributed by atoms with Crippen LogP contribution in [0, 0.1) is 17.8 Å². The van der Waals surface area contributed by atoms with Gasteiger partial charge in [0, 0.05) is 11.5 Å². The van der Waals surface area contributed by atoms with E-state index in [4.69, 9.17) is 0 Å². The van der Waals surface area contributed by atoms with Gasteiger partial charge in [0.05, 0.1) is 20.6 Å².